The maximum absolute atomic E-state index is 10.0. The third-order valence-electron chi connectivity index (χ3n) is 3.44. The van der Waals surface area contributed by atoms with Crippen LogP contribution in [0.2, 0.25) is 0 Å². The number of aromatic nitrogens is 2. The van der Waals surface area contributed by atoms with Gasteiger partial charge in [0.1, 0.15) is 17.5 Å². The minimum absolute atomic E-state index is 0.245. The average Bonchev–Trinajstić information content (AvgIpc) is 2.62. The van der Waals surface area contributed by atoms with Crippen molar-refractivity contribution in [1.82, 2.24) is 9.97 Å². The summed E-state index contributed by atoms with van der Waals surface area (Å²) >= 11 is 0. The molecule has 0 aliphatic carbocycles. The van der Waals surface area contributed by atoms with E-state index in [1.165, 1.54) is 0 Å². The van der Waals surface area contributed by atoms with Crippen LogP contribution in [0.25, 0.3) is 0 Å². The summed E-state index contributed by atoms with van der Waals surface area (Å²) in [6, 6.07) is 0. The Morgan fingerprint density at radius 1 is 1.39 bits per heavy atom. The molecule has 1 unspecified atom stereocenters. The molecule has 100 valence electrons. The molecule has 5 nitrogen and oxygen atoms in total. The highest BCUT2D eigenvalue weighted by atomic mass is 16.3. The Morgan fingerprint density at radius 3 is 2.56 bits per heavy atom. The van der Waals surface area contributed by atoms with E-state index in [2.05, 4.69) is 14.9 Å². The van der Waals surface area contributed by atoms with Gasteiger partial charge in [-0.1, -0.05) is 13.8 Å². The van der Waals surface area contributed by atoms with Crippen LogP contribution >= 0.6 is 0 Å². The van der Waals surface area contributed by atoms with Gasteiger partial charge in [0.25, 0.3) is 0 Å². The molecule has 18 heavy (non-hydrogen) atoms. The predicted molar refractivity (Wildman–Crippen MR) is 72.7 cm³/mol. The Labute approximate surface area is 108 Å². The molecule has 0 spiro atoms. The van der Waals surface area contributed by atoms with Crippen molar-refractivity contribution in [3.8, 4) is 0 Å². The van der Waals surface area contributed by atoms with Gasteiger partial charge < -0.3 is 15.7 Å². The molecule has 0 bridgehead atoms. The summed E-state index contributed by atoms with van der Waals surface area (Å²) in [6.45, 7) is 9.30. The second-order valence-corrected chi connectivity index (χ2v) is 5.74. The van der Waals surface area contributed by atoms with Crippen LogP contribution in [-0.2, 0) is 0 Å². The van der Waals surface area contributed by atoms with Crippen molar-refractivity contribution in [3.05, 3.63) is 11.4 Å². The van der Waals surface area contributed by atoms with E-state index >= 15 is 0 Å². The lowest BCUT2D eigenvalue weighted by molar-refractivity contribution is 0.0839. The highest BCUT2D eigenvalue weighted by Crippen LogP contribution is 2.30. The average molecular weight is 250 g/mol. The van der Waals surface area contributed by atoms with Crippen LogP contribution in [0.3, 0.4) is 0 Å². The van der Waals surface area contributed by atoms with E-state index in [0.717, 1.165) is 30.2 Å². The molecule has 3 N–H and O–H groups in total. The molecular formula is C13H22N4O. The Kier molecular flexibility index (Phi) is 3.19. The highest BCUT2D eigenvalue weighted by molar-refractivity contribution is 5.57. The quantitative estimate of drug-likeness (QED) is 0.831. The Balaban J connectivity index is 2.38. The Bertz CT molecular complexity index is 457. The van der Waals surface area contributed by atoms with Gasteiger partial charge in [0.15, 0.2) is 0 Å². The van der Waals surface area contributed by atoms with E-state index in [4.69, 9.17) is 5.73 Å². The van der Waals surface area contributed by atoms with Crippen LogP contribution in [0, 0.1) is 6.92 Å². The minimum atomic E-state index is -0.635. The number of nitrogens with two attached hydrogens (primary N) is 1. The molecule has 0 saturated carbocycles. The molecule has 5 heteroatoms. The van der Waals surface area contributed by atoms with Crippen molar-refractivity contribution in [2.75, 3.05) is 23.7 Å². The summed E-state index contributed by atoms with van der Waals surface area (Å²) in [4.78, 5) is 11.0. The molecule has 2 rings (SSSR count). The molecule has 1 atom stereocenters. The molecule has 1 aliphatic rings. The summed E-state index contributed by atoms with van der Waals surface area (Å²) in [6.07, 6.45) is 0.757. The van der Waals surface area contributed by atoms with E-state index in [1.807, 2.05) is 27.7 Å². The van der Waals surface area contributed by atoms with Gasteiger partial charge >= 0.3 is 0 Å². The maximum Gasteiger partial charge on any atom is 0.137 e. The molecule has 0 amide bonds. The third-order valence-corrected chi connectivity index (χ3v) is 3.44. The number of anilines is 2. The monoisotopic (exact) mass is 250 g/mol. The van der Waals surface area contributed by atoms with Gasteiger partial charge in [-0.2, -0.15) is 0 Å². The number of nitrogens with zero attached hydrogens (tertiary/aromatic N) is 3. The molecule has 1 aromatic heterocycles. The van der Waals surface area contributed by atoms with Gasteiger partial charge in [-0.15, -0.1) is 0 Å². The first-order valence-corrected chi connectivity index (χ1v) is 6.41. The topological polar surface area (TPSA) is 75.3 Å². The number of β-amino-alcohol motifs (C(OH)–C–C–N with tert-alkyl or cyclic N) is 1. The van der Waals surface area contributed by atoms with E-state index in [0.29, 0.717) is 12.4 Å². The van der Waals surface area contributed by atoms with Gasteiger partial charge in [0, 0.05) is 24.6 Å². The normalized spacial score (nSPS) is 24.0. The fourth-order valence-corrected chi connectivity index (χ4v) is 2.23. The van der Waals surface area contributed by atoms with Crippen molar-refractivity contribution >= 4 is 11.6 Å². The fraction of sp³-hybridized carbons (Fsp3) is 0.692. The van der Waals surface area contributed by atoms with Gasteiger partial charge in [-0.25, -0.2) is 9.97 Å². The summed E-state index contributed by atoms with van der Waals surface area (Å²) in [5.41, 5.74) is 6.22. The largest absolute Gasteiger partial charge is 0.388 e. The molecule has 1 saturated heterocycles. The van der Waals surface area contributed by atoms with Crippen LogP contribution in [0.1, 0.15) is 44.5 Å². The number of hydrogen-bond donors (Lipinski definition) is 2. The van der Waals surface area contributed by atoms with Crippen molar-refractivity contribution < 1.29 is 5.11 Å². The Hall–Kier alpha value is -1.36. The molecular weight excluding hydrogens is 228 g/mol. The van der Waals surface area contributed by atoms with Crippen molar-refractivity contribution in [1.29, 1.82) is 0 Å². The lowest BCUT2D eigenvalue weighted by Gasteiger charge is -2.23. The van der Waals surface area contributed by atoms with Gasteiger partial charge in [-0.05, 0) is 20.3 Å². The summed E-state index contributed by atoms with van der Waals surface area (Å²) in [5, 5.41) is 10.0. The fourth-order valence-electron chi connectivity index (χ4n) is 2.23. The van der Waals surface area contributed by atoms with Crippen LogP contribution in [0.4, 0.5) is 11.6 Å². The van der Waals surface area contributed by atoms with Crippen LogP contribution in [0.5, 0.6) is 0 Å². The molecule has 0 aromatic carbocycles. The Morgan fingerprint density at radius 2 is 2.06 bits per heavy atom. The van der Waals surface area contributed by atoms with Crippen LogP contribution in [-0.4, -0.2) is 33.8 Å². The van der Waals surface area contributed by atoms with Crippen LogP contribution in [0.15, 0.2) is 0 Å². The minimum Gasteiger partial charge on any atom is -0.388 e. The zero-order valence-electron chi connectivity index (χ0n) is 11.6. The lowest BCUT2D eigenvalue weighted by atomic mass is 10.1. The highest BCUT2D eigenvalue weighted by Gasteiger charge is 2.33. The molecule has 1 aliphatic heterocycles. The predicted octanol–water partition coefficient (Wildman–Crippen LogP) is 1.45. The van der Waals surface area contributed by atoms with E-state index in [9.17, 15) is 5.11 Å². The standard InChI is InChI=1S/C13H22N4O/c1-8(2)11-15-10(14)9(3)12(16-11)17-6-5-13(4,18)7-17/h8,18H,5-7H2,1-4H3,(H2,14,15,16). The van der Waals surface area contributed by atoms with Crippen molar-refractivity contribution in [2.24, 2.45) is 0 Å². The zero-order chi connectivity index (χ0) is 13.5. The summed E-state index contributed by atoms with van der Waals surface area (Å²) in [5.74, 6) is 2.41. The summed E-state index contributed by atoms with van der Waals surface area (Å²) in [7, 11) is 0. The SMILES string of the molecule is Cc1c(N)nc(C(C)C)nc1N1CCC(C)(O)C1. The van der Waals surface area contributed by atoms with E-state index in [1.54, 1.807) is 0 Å². The first-order chi connectivity index (χ1) is 8.30. The molecule has 1 fully saturated rings. The molecule has 1 aromatic rings. The van der Waals surface area contributed by atoms with Gasteiger partial charge in [0.2, 0.25) is 0 Å². The first kappa shape index (κ1) is 13.1. The van der Waals surface area contributed by atoms with E-state index in [-0.39, 0.29) is 5.92 Å². The van der Waals surface area contributed by atoms with Crippen LogP contribution < -0.4 is 10.6 Å². The van der Waals surface area contributed by atoms with E-state index < -0.39 is 5.60 Å². The maximum atomic E-state index is 10.0. The van der Waals surface area contributed by atoms with Crippen molar-refractivity contribution in [3.63, 3.8) is 0 Å². The smallest absolute Gasteiger partial charge is 0.137 e. The summed E-state index contributed by atoms with van der Waals surface area (Å²) < 4.78 is 0. The van der Waals surface area contributed by atoms with Crippen molar-refractivity contribution in [2.45, 2.75) is 45.6 Å². The molecule has 0 radical (unpaired) electrons. The molecule has 2 heterocycles. The zero-order valence-corrected chi connectivity index (χ0v) is 11.6. The lowest BCUT2D eigenvalue weighted by Crippen LogP contribution is -2.31. The number of aliphatic hydroxyl groups is 1. The number of nitrogen functional groups attached to an aromatic ring is 1. The third kappa shape index (κ3) is 2.41. The second-order valence-electron chi connectivity index (χ2n) is 5.74. The first-order valence-electron chi connectivity index (χ1n) is 6.41. The van der Waals surface area contributed by atoms with Gasteiger partial charge in [0.05, 0.1) is 5.60 Å². The number of rotatable bonds is 2. The number of hydrogen-bond acceptors (Lipinski definition) is 5. The van der Waals surface area contributed by atoms with Gasteiger partial charge in [-0.3, -0.25) is 0 Å². The second kappa shape index (κ2) is 4.39.